The van der Waals surface area contributed by atoms with Crippen LogP contribution in [0.2, 0.25) is 5.02 Å². The normalized spacial score (nSPS) is 23.4. The first kappa shape index (κ1) is 85.0. The van der Waals surface area contributed by atoms with Crippen molar-refractivity contribution in [2.75, 3.05) is 88.2 Å². The minimum absolute atomic E-state index is 0.0499. The van der Waals surface area contributed by atoms with E-state index in [-0.39, 0.29) is 43.9 Å². The highest BCUT2D eigenvalue weighted by molar-refractivity contribution is 6.30. The molecule has 31 heteroatoms. The second-order valence-electron chi connectivity index (χ2n) is 28.4. The lowest BCUT2D eigenvalue weighted by Crippen LogP contribution is -2.61. The van der Waals surface area contributed by atoms with Gasteiger partial charge < -0.3 is 70.9 Å². The first-order valence-electron chi connectivity index (χ1n) is 34.1. The summed E-state index contributed by atoms with van der Waals surface area (Å²) in [5.41, 5.74) is -0.809. The lowest BCUT2D eigenvalue weighted by Gasteiger charge is -2.34. The van der Waals surface area contributed by atoms with Crippen molar-refractivity contribution in [1.82, 2.24) is 66.2 Å². The van der Waals surface area contributed by atoms with Gasteiger partial charge in [0.15, 0.2) is 0 Å². The fourth-order valence-electron chi connectivity index (χ4n) is 11.4. The number of halogens is 4. The molecule has 0 saturated carbocycles. The maximum absolute atomic E-state index is 15.2. The molecule has 2 aromatic rings. The van der Waals surface area contributed by atoms with E-state index in [1.165, 1.54) is 66.2 Å². The number of likely N-dealkylation sites (N-methyl/N-ethyl adjacent to an activating group) is 6. The number of ether oxygens (including phenoxy) is 1. The number of carbonyl (C=O) groups is 13. The molecule has 2 aliphatic rings. The fourth-order valence-corrected chi connectivity index (χ4v) is 11.5. The third-order valence-corrected chi connectivity index (χ3v) is 18.0. The Morgan fingerprint density at radius 2 is 1.16 bits per heavy atom. The molecule has 2 aromatic carbocycles. The Hall–Kier alpha value is -8.41. The molecule has 2 aliphatic heterocycles. The standard InChI is InChI=1S/C70H105ClF3N13O14/c1-17-43(6)60-68(100)83(13)37-58(91)81(11)38-59(92)85(15)54(34-46-22-27-48(71)28-23-46)67(99)82(12)36-55(88)75-49(29-24-45-20-25-47(26-21-45)70(72,73)74)62(94)76-50(32-41(2)3)63(95)78-52(39-101-40-56(89)80-69(8,9)10)65(97)86(16)53(33-42(4)5)64(96)77-51(66(98)87-30-18-19-31-87)35-57(90)84(14)44(7)61(93)79-60/h20-23,25-28,41-44,49-54,60H,17-19,24,29-40H2,1-16H3,(H,75,88)(H,76,94)(H,77,96)(H,78,95)(H,79,93)(H,80,89)/t43-,44-,49-,50-,51-,52-,53-,54+,60-/m0/s1. The van der Waals surface area contributed by atoms with Gasteiger partial charge in [-0.3, -0.25) is 62.3 Å². The SMILES string of the molecule is CC[C@H](C)[C@@H]1NC(=O)[C@H](C)N(C)C(=O)C[C@@H](C(=O)N2CCCC2)NC(=O)[C@H](CC(C)C)N(C)C(=O)[C@H](COCC(=O)NC(C)(C)C)NC(=O)[C@H](CC(C)C)NC(=O)[C@H](CCc2ccc(C(F)(F)F)cc2)NC(=O)CN(C)C(=O)[C@@H](Cc2ccc(Cl)cc2)N(C)C(=O)CN(C)C(=O)CN(C)C1=O. The van der Waals surface area contributed by atoms with Crippen LogP contribution < -0.4 is 31.9 Å². The van der Waals surface area contributed by atoms with Crippen LogP contribution in [0.4, 0.5) is 13.2 Å². The molecular formula is C70H105ClF3N13O14. The molecule has 6 N–H and O–H groups in total. The molecule has 2 fully saturated rings. The van der Waals surface area contributed by atoms with E-state index in [0.29, 0.717) is 48.5 Å². The van der Waals surface area contributed by atoms with Gasteiger partial charge in [-0.15, -0.1) is 0 Å². The predicted octanol–water partition coefficient (Wildman–Crippen LogP) is 2.93. The lowest BCUT2D eigenvalue weighted by molar-refractivity contribution is -0.148. The van der Waals surface area contributed by atoms with Gasteiger partial charge in [0.05, 0.1) is 38.2 Å². The van der Waals surface area contributed by atoms with Crippen molar-refractivity contribution in [3.63, 3.8) is 0 Å². The Labute approximate surface area is 595 Å². The summed E-state index contributed by atoms with van der Waals surface area (Å²) in [6.07, 6.45) is -4.43. The predicted molar refractivity (Wildman–Crippen MR) is 370 cm³/mol. The van der Waals surface area contributed by atoms with Crippen molar-refractivity contribution < 1.29 is 80.2 Å². The van der Waals surface area contributed by atoms with E-state index in [2.05, 4.69) is 31.9 Å². The Morgan fingerprint density at radius 1 is 0.604 bits per heavy atom. The number of likely N-dealkylation sites (tertiary alicyclic amines) is 1. The molecule has 9 atom stereocenters. The minimum Gasteiger partial charge on any atom is -0.369 e. The second kappa shape index (κ2) is 38.6. The van der Waals surface area contributed by atoms with E-state index in [1.807, 2.05) is 0 Å². The van der Waals surface area contributed by atoms with Crippen molar-refractivity contribution in [3.05, 3.63) is 70.2 Å². The third kappa shape index (κ3) is 26.5. The highest BCUT2D eigenvalue weighted by Gasteiger charge is 2.41. The quantitative estimate of drug-likeness (QED) is 0.141. The maximum Gasteiger partial charge on any atom is 0.416 e. The first-order valence-corrected chi connectivity index (χ1v) is 34.5. The summed E-state index contributed by atoms with van der Waals surface area (Å²) in [6.45, 7) is 14.4. The van der Waals surface area contributed by atoms with E-state index in [4.69, 9.17) is 16.3 Å². The Kier molecular flexibility index (Phi) is 32.5. The molecule has 27 nitrogen and oxygen atoms in total. The van der Waals surface area contributed by atoms with Crippen LogP contribution in [-0.4, -0.2) is 253 Å². The first-order chi connectivity index (χ1) is 47.0. The number of alkyl halides is 3. The van der Waals surface area contributed by atoms with Crippen molar-refractivity contribution in [3.8, 4) is 0 Å². The van der Waals surface area contributed by atoms with Crippen LogP contribution in [0, 0.1) is 17.8 Å². The summed E-state index contributed by atoms with van der Waals surface area (Å²) >= 11 is 6.21. The fraction of sp³-hybridized carbons (Fsp3) is 0.643. The highest BCUT2D eigenvalue weighted by Crippen LogP contribution is 2.30. The zero-order chi connectivity index (χ0) is 76.1. The maximum atomic E-state index is 15.2. The van der Waals surface area contributed by atoms with Crippen molar-refractivity contribution in [2.45, 2.75) is 187 Å². The number of carbonyl (C=O) groups excluding carboxylic acids is 13. The molecule has 0 spiro atoms. The van der Waals surface area contributed by atoms with Gasteiger partial charge in [0.2, 0.25) is 76.8 Å². The van der Waals surface area contributed by atoms with Gasteiger partial charge in [0.25, 0.3) is 0 Å². The summed E-state index contributed by atoms with van der Waals surface area (Å²) in [5.74, 6) is -11.7. The van der Waals surface area contributed by atoms with E-state index in [1.54, 1.807) is 86.6 Å². The second-order valence-corrected chi connectivity index (χ2v) is 28.8. The summed E-state index contributed by atoms with van der Waals surface area (Å²) in [5, 5.41) is 16.5. The molecule has 4 rings (SSSR count). The van der Waals surface area contributed by atoms with Gasteiger partial charge in [-0.1, -0.05) is 83.8 Å². The summed E-state index contributed by atoms with van der Waals surface area (Å²) in [4.78, 5) is 195. The Morgan fingerprint density at radius 3 is 1.72 bits per heavy atom. The molecule has 0 aliphatic carbocycles. The lowest BCUT2D eigenvalue weighted by atomic mass is 9.97. The van der Waals surface area contributed by atoms with E-state index >= 15 is 4.79 Å². The topological polar surface area (TPSA) is 326 Å². The van der Waals surface area contributed by atoms with Gasteiger partial charge in [0.1, 0.15) is 54.9 Å². The van der Waals surface area contributed by atoms with Crippen molar-refractivity contribution in [2.24, 2.45) is 17.8 Å². The summed E-state index contributed by atoms with van der Waals surface area (Å²) < 4.78 is 46.8. The molecular weight excluding hydrogens is 1340 g/mol. The zero-order valence-corrected chi connectivity index (χ0v) is 61.9. The van der Waals surface area contributed by atoms with Gasteiger partial charge in [-0.05, 0) is 119 Å². The van der Waals surface area contributed by atoms with Gasteiger partial charge in [-0.25, -0.2) is 0 Å². The molecule has 2 heterocycles. The van der Waals surface area contributed by atoms with Gasteiger partial charge in [-0.2, -0.15) is 13.2 Å². The molecule has 2 saturated heterocycles. The minimum atomic E-state index is -4.67. The largest absolute Gasteiger partial charge is 0.416 e. The number of amides is 13. The molecule has 0 bridgehead atoms. The number of aryl methyl sites for hydroxylation is 1. The van der Waals surface area contributed by atoms with Crippen LogP contribution in [0.1, 0.15) is 131 Å². The number of hydrogen-bond donors (Lipinski definition) is 6. The molecule has 0 radical (unpaired) electrons. The monoisotopic (exact) mass is 1440 g/mol. The molecule has 101 heavy (non-hydrogen) atoms. The molecule has 0 aromatic heterocycles. The zero-order valence-electron chi connectivity index (χ0n) is 61.1. The van der Waals surface area contributed by atoms with Crippen LogP contribution in [0.15, 0.2) is 48.5 Å². The van der Waals surface area contributed by atoms with E-state index in [0.717, 1.165) is 41.5 Å². The average molecular weight is 1450 g/mol. The van der Waals surface area contributed by atoms with Crippen LogP contribution >= 0.6 is 11.6 Å². The van der Waals surface area contributed by atoms with Gasteiger partial charge >= 0.3 is 6.18 Å². The van der Waals surface area contributed by atoms with E-state index in [9.17, 15) is 70.7 Å². The third-order valence-electron chi connectivity index (χ3n) is 17.8. The Bertz CT molecular complexity index is 3240. The average Bonchev–Trinajstić information content (AvgIpc) is 1.57. The van der Waals surface area contributed by atoms with Gasteiger partial charge in [0, 0.05) is 72.4 Å². The molecule has 562 valence electrons. The summed E-state index contributed by atoms with van der Waals surface area (Å²) in [6, 6.07) is -1.21. The number of hydrogen-bond acceptors (Lipinski definition) is 14. The number of benzene rings is 2. The smallest absolute Gasteiger partial charge is 0.369 e. The molecule has 13 amide bonds. The van der Waals surface area contributed by atoms with E-state index < -0.39 is 188 Å². The molecule has 0 unspecified atom stereocenters. The van der Waals surface area contributed by atoms with Crippen LogP contribution in [0.3, 0.4) is 0 Å². The number of nitrogens with zero attached hydrogens (tertiary/aromatic N) is 7. The van der Waals surface area contributed by atoms with Crippen LogP contribution in [-0.2, 0) is 86.1 Å². The number of nitrogens with one attached hydrogen (secondary N) is 6. The van der Waals surface area contributed by atoms with Crippen molar-refractivity contribution in [1.29, 1.82) is 0 Å². The van der Waals surface area contributed by atoms with Crippen LogP contribution in [0.25, 0.3) is 0 Å². The van der Waals surface area contributed by atoms with Crippen LogP contribution in [0.5, 0.6) is 0 Å². The van der Waals surface area contributed by atoms with Crippen molar-refractivity contribution >= 4 is 88.4 Å². The summed E-state index contributed by atoms with van der Waals surface area (Å²) in [7, 11) is 7.80. The highest BCUT2D eigenvalue weighted by atomic mass is 35.5. The Balaban J connectivity index is 1.90. The number of rotatable bonds is 16.